The van der Waals surface area contributed by atoms with Crippen LogP contribution in [0.5, 0.6) is 0 Å². The minimum atomic E-state index is 0.353. The summed E-state index contributed by atoms with van der Waals surface area (Å²) in [6.07, 6.45) is 4.71. The molecule has 0 saturated carbocycles. The molecule has 0 aromatic rings. The zero-order valence-electron chi connectivity index (χ0n) is 8.64. The largest absolute Gasteiger partial charge is 0.225 e. The lowest BCUT2D eigenvalue weighted by Crippen LogP contribution is -2.07. The fourth-order valence-corrected chi connectivity index (χ4v) is 2.50. The van der Waals surface area contributed by atoms with E-state index in [0.29, 0.717) is 10.5 Å². The Bertz CT molecular complexity index is 540. The van der Waals surface area contributed by atoms with E-state index < -0.39 is 0 Å². The van der Waals surface area contributed by atoms with Gasteiger partial charge in [-0.05, 0) is 19.6 Å². The topological polar surface area (TPSA) is 0 Å². The first kappa shape index (κ1) is 9.96. The summed E-state index contributed by atoms with van der Waals surface area (Å²) in [6, 6.07) is 0. The highest BCUT2D eigenvalue weighted by Crippen LogP contribution is 2.28. The average Bonchev–Trinajstić information content (AvgIpc) is 2.91. The van der Waals surface area contributed by atoms with Gasteiger partial charge in [0.25, 0.3) is 0 Å². The molecule has 0 nitrogen and oxygen atoms in total. The van der Waals surface area contributed by atoms with Gasteiger partial charge < -0.3 is 0 Å². The highest BCUT2D eigenvalue weighted by atomic mass is 32.2. The molecule has 1 heteroatoms. The van der Waals surface area contributed by atoms with E-state index in [-0.39, 0.29) is 0 Å². The molecular weight excluding hydrogens is 200 g/mol. The maximum Gasteiger partial charge on any atom is 0.225 e. The summed E-state index contributed by atoms with van der Waals surface area (Å²) in [5.41, 5.74) is 14.0. The normalized spacial score (nSPS) is 18.0. The lowest BCUT2D eigenvalue weighted by atomic mass is 10.2. The minimum Gasteiger partial charge on any atom is -0.129 e. The van der Waals surface area contributed by atoms with Crippen molar-refractivity contribution in [2.24, 2.45) is 0 Å². The van der Waals surface area contributed by atoms with Gasteiger partial charge in [0, 0.05) is 16.9 Å². The van der Waals surface area contributed by atoms with E-state index in [2.05, 4.69) is 54.7 Å². The fourth-order valence-electron chi connectivity index (χ4n) is 1.36. The monoisotopic (exact) mass is 209 g/mol. The number of thioether (sulfide) groups is 1. The molecule has 0 aliphatic heterocycles. The van der Waals surface area contributed by atoms with Crippen molar-refractivity contribution in [2.45, 2.75) is 24.3 Å². The van der Waals surface area contributed by atoms with Crippen molar-refractivity contribution in [3.8, 4) is 11.8 Å². The van der Waals surface area contributed by atoms with Crippen LogP contribution in [0.4, 0.5) is 0 Å². The van der Waals surface area contributed by atoms with E-state index in [1.54, 1.807) is 0 Å². The molecule has 2 rings (SSSR count). The predicted molar refractivity (Wildman–Crippen MR) is 63.2 cm³/mol. The van der Waals surface area contributed by atoms with E-state index in [4.69, 9.17) is 0 Å². The van der Waals surface area contributed by atoms with Gasteiger partial charge >= 0.3 is 0 Å². The van der Waals surface area contributed by atoms with E-state index in [0.717, 1.165) is 11.1 Å². The van der Waals surface area contributed by atoms with Crippen molar-refractivity contribution in [1.82, 2.24) is 0 Å². The van der Waals surface area contributed by atoms with Crippen LogP contribution in [0, 0.1) is 17.9 Å². The van der Waals surface area contributed by atoms with Gasteiger partial charge in [-0.15, -0.1) is 11.8 Å². The molecule has 70 valence electrons. The Balaban J connectivity index is 1.99. The smallest absolute Gasteiger partial charge is 0.129 e. The van der Waals surface area contributed by atoms with Crippen LogP contribution >= 0.6 is 11.8 Å². The van der Waals surface area contributed by atoms with Gasteiger partial charge in [0.05, 0.1) is 0 Å². The summed E-state index contributed by atoms with van der Waals surface area (Å²) in [7, 11) is 0. The minimum absolute atomic E-state index is 0.353. The molecule has 2 aliphatic rings. The van der Waals surface area contributed by atoms with Crippen LogP contribution < -0.4 is 0 Å². The van der Waals surface area contributed by atoms with Gasteiger partial charge in [-0.3, -0.25) is 0 Å². The molecule has 0 N–H and O–H groups in total. The lowest BCUT2D eigenvalue weighted by Gasteiger charge is -2.11. The third kappa shape index (κ3) is 2.26. The molecule has 0 aromatic heterocycles. The molecular formula is C14H9S+. The molecule has 15 heavy (non-hydrogen) atoms. The van der Waals surface area contributed by atoms with Crippen LogP contribution in [0.3, 0.4) is 0 Å². The number of hydrogen-bond acceptors (Lipinski definition) is 1. The SMILES string of the molecule is CC(SC(C)C1=C=C=C=C1)C1=C=[C+]C#C1. The third-order valence-electron chi connectivity index (χ3n) is 2.22. The molecule has 0 saturated heterocycles. The Hall–Kier alpha value is -1.58. The number of rotatable bonds is 4. The molecule has 0 spiro atoms. The second-order valence-electron chi connectivity index (χ2n) is 3.33. The second-order valence-corrected chi connectivity index (χ2v) is 5.01. The Kier molecular flexibility index (Phi) is 2.85. The molecule has 0 heterocycles. The first-order chi connectivity index (χ1) is 7.27. The molecule has 2 unspecified atom stereocenters. The second kappa shape index (κ2) is 4.29. The highest BCUT2D eigenvalue weighted by molar-refractivity contribution is 8.00. The molecule has 0 radical (unpaired) electrons. The number of allylic oxidation sites excluding steroid dienone is 1. The van der Waals surface area contributed by atoms with Crippen molar-refractivity contribution in [3.05, 3.63) is 46.2 Å². The standard InChI is InChI=1S/C14H9S/c1-11(13-7-3-4-8-13)15-12(2)14-9-5-6-10-14/h7,11-12H,1-2H3/q+1. The van der Waals surface area contributed by atoms with Crippen molar-refractivity contribution < 1.29 is 0 Å². The van der Waals surface area contributed by atoms with Crippen molar-refractivity contribution in [1.29, 1.82) is 0 Å². The van der Waals surface area contributed by atoms with E-state index >= 15 is 0 Å². The van der Waals surface area contributed by atoms with Gasteiger partial charge in [-0.1, -0.05) is 11.5 Å². The maximum atomic E-state index is 3.05. The molecule has 0 bridgehead atoms. The van der Waals surface area contributed by atoms with Crippen LogP contribution in [-0.2, 0) is 0 Å². The first-order valence-electron chi connectivity index (χ1n) is 4.78. The van der Waals surface area contributed by atoms with E-state index in [1.165, 1.54) is 0 Å². The van der Waals surface area contributed by atoms with Crippen molar-refractivity contribution >= 4 is 11.8 Å². The van der Waals surface area contributed by atoms with Gasteiger partial charge in [-0.25, -0.2) is 0 Å². The fraction of sp³-hybridized carbons (Fsp3) is 0.286. The summed E-state index contributed by atoms with van der Waals surface area (Å²) in [6.45, 7) is 4.30. The third-order valence-corrected chi connectivity index (χ3v) is 3.52. The van der Waals surface area contributed by atoms with Crippen LogP contribution in [0.2, 0.25) is 0 Å². The number of hydrogen-bond donors (Lipinski definition) is 0. The summed E-state index contributed by atoms with van der Waals surface area (Å²) in [4.78, 5) is 0. The van der Waals surface area contributed by atoms with Crippen LogP contribution in [0.15, 0.2) is 40.1 Å². The molecule has 0 amide bonds. The van der Waals surface area contributed by atoms with Gasteiger partial charge in [0.1, 0.15) is 11.0 Å². The van der Waals surface area contributed by atoms with Crippen molar-refractivity contribution in [2.75, 3.05) is 0 Å². The zero-order chi connectivity index (χ0) is 10.7. The Labute approximate surface area is 94.5 Å². The summed E-state index contributed by atoms with van der Waals surface area (Å²) in [5, 5.41) is 0.741. The maximum absolute atomic E-state index is 3.05. The predicted octanol–water partition coefficient (Wildman–Crippen LogP) is 2.80. The molecule has 0 fully saturated rings. The molecule has 2 atom stereocenters. The van der Waals surface area contributed by atoms with Gasteiger partial charge in [0.2, 0.25) is 5.57 Å². The van der Waals surface area contributed by atoms with Gasteiger partial charge in [-0.2, -0.15) is 0 Å². The van der Waals surface area contributed by atoms with Gasteiger partial charge in [0.15, 0.2) is 17.9 Å². The van der Waals surface area contributed by atoms with E-state index in [1.807, 2.05) is 17.8 Å². The molecule has 0 aromatic carbocycles. The first-order valence-corrected chi connectivity index (χ1v) is 5.72. The zero-order valence-corrected chi connectivity index (χ0v) is 9.46. The highest BCUT2D eigenvalue weighted by Gasteiger charge is 2.22. The summed E-state index contributed by atoms with van der Waals surface area (Å²) >= 11 is 1.84. The summed E-state index contributed by atoms with van der Waals surface area (Å²) < 4.78 is 0. The quantitative estimate of drug-likeness (QED) is 0.390. The molecule has 2 aliphatic carbocycles. The Morgan fingerprint density at radius 1 is 1.33 bits per heavy atom. The Morgan fingerprint density at radius 2 is 2.20 bits per heavy atom. The lowest BCUT2D eigenvalue weighted by molar-refractivity contribution is 1.13. The van der Waals surface area contributed by atoms with Crippen LogP contribution in [0.1, 0.15) is 13.8 Å². The Morgan fingerprint density at radius 3 is 2.80 bits per heavy atom. The van der Waals surface area contributed by atoms with Crippen molar-refractivity contribution in [3.63, 3.8) is 0 Å². The van der Waals surface area contributed by atoms with Crippen LogP contribution in [0.25, 0.3) is 0 Å². The van der Waals surface area contributed by atoms with Crippen LogP contribution in [-0.4, -0.2) is 10.5 Å². The van der Waals surface area contributed by atoms with E-state index in [9.17, 15) is 0 Å². The average molecular weight is 209 g/mol. The summed E-state index contributed by atoms with van der Waals surface area (Å²) in [5.74, 6) is 5.78.